The number of carbonyl (C=O) groups excluding carboxylic acids is 2. The molecule has 19 heavy (non-hydrogen) atoms. The number of carbonyl (C=O) groups is 2. The molecule has 4 heteroatoms. The summed E-state index contributed by atoms with van der Waals surface area (Å²) in [6.07, 6.45) is 3.03. The summed E-state index contributed by atoms with van der Waals surface area (Å²) < 4.78 is 0. The van der Waals surface area contributed by atoms with E-state index in [0.717, 1.165) is 31.4 Å². The number of nitrogens with one attached hydrogen (secondary N) is 1. The fourth-order valence-electron chi connectivity index (χ4n) is 3.13. The van der Waals surface area contributed by atoms with Crippen molar-refractivity contribution >= 4 is 11.9 Å². The van der Waals surface area contributed by atoms with Crippen molar-refractivity contribution < 1.29 is 9.59 Å². The highest BCUT2D eigenvalue weighted by Gasteiger charge is 2.42. The molecule has 0 spiro atoms. The van der Waals surface area contributed by atoms with E-state index < -0.39 is 0 Å². The number of piperidine rings is 1. The molecule has 3 amide bonds. The maximum Gasteiger partial charge on any atom is 0.324 e. The average Bonchev–Trinajstić information content (AvgIpc) is 2.41. The predicted molar refractivity (Wildman–Crippen MR) is 71.8 cm³/mol. The van der Waals surface area contributed by atoms with Gasteiger partial charge >= 0.3 is 6.03 Å². The van der Waals surface area contributed by atoms with E-state index in [-0.39, 0.29) is 23.9 Å². The molecule has 2 heterocycles. The summed E-state index contributed by atoms with van der Waals surface area (Å²) in [5, 5.41) is 2.49. The lowest BCUT2D eigenvalue weighted by Crippen LogP contribution is -2.60. The summed E-state index contributed by atoms with van der Waals surface area (Å²) in [6.45, 7) is 2.79. The molecule has 0 bridgehead atoms. The minimum absolute atomic E-state index is 0.0257. The molecule has 0 aliphatic carbocycles. The van der Waals surface area contributed by atoms with Crippen LogP contribution in [0.4, 0.5) is 4.79 Å². The summed E-state index contributed by atoms with van der Waals surface area (Å²) in [5.74, 6) is -0.379. The topological polar surface area (TPSA) is 49.4 Å². The highest BCUT2D eigenvalue weighted by Crippen LogP contribution is 2.33. The first-order valence-corrected chi connectivity index (χ1v) is 6.85. The number of benzene rings is 1. The number of hydrogen-bond acceptors (Lipinski definition) is 2. The minimum Gasteiger partial charge on any atom is -0.320 e. The van der Waals surface area contributed by atoms with Gasteiger partial charge in [0.25, 0.3) is 0 Å². The molecule has 1 N–H and O–H groups in total. The van der Waals surface area contributed by atoms with Crippen LogP contribution in [0.15, 0.2) is 24.3 Å². The van der Waals surface area contributed by atoms with E-state index in [2.05, 4.69) is 5.32 Å². The summed E-state index contributed by atoms with van der Waals surface area (Å²) in [6, 6.07) is 7.85. The van der Waals surface area contributed by atoms with Gasteiger partial charge in [0, 0.05) is 12.6 Å². The Kier molecular flexibility index (Phi) is 3.01. The lowest BCUT2D eigenvalue weighted by Gasteiger charge is -2.43. The molecule has 1 aromatic rings. The van der Waals surface area contributed by atoms with Crippen LogP contribution >= 0.6 is 0 Å². The highest BCUT2D eigenvalue weighted by atomic mass is 16.2. The van der Waals surface area contributed by atoms with Gasteiger partial charge in [0.05, 0.1) is 5.92 Å². The number of aryl methyl sites for hydroxylation is 1. The van der Waals surface area contributed by atoms with E-state index in [1.54, 1.807) is 0 Å². The molecule has 2 atom stereocenters. The van der Waals surface area contributed by atoms with Crippen molar-refractivity contribution in [3.05, 3.63) is 35.4 Å². The first kappa shape index (κ1) is 12.2. The van der Waals surface area contributed by atoms with E-state index in [4.69, 9.17) is 0 Å². The molecular formula is C15H18N2O2. The predicted octanol–water partition coefficient (Wildman–Crippen LogP) is 2.18. The Labute approximate surface area is 112 Å². The maximum absolute atomic E-state index is 12.2. The van der Waals surface area contributed by atoms with Gasteiger partial charge in [-0.3, -0.25) is 10.1 Å². The monoisotopic (exact) mass is 258 g/mol. The van der Waals surface area contributed by atoms with Crippen molar-refractivity contribution in [2.75, 3.05) is 6.54 Å². The third kappa shape index (κ3) is 2.11. The molecule has 4 nitrogen and oxygen atoms in total. The van der Waals surface area contributed by atoms with Crippen LogP contribution in [0.1, 0.15) is 36.3 Å². The summed E-state index contributed by atoms with van der Waals surface area (Å²) >= 11 is 0. The second-order valence-corrected chi connectivity index (χ2v) is 5.44. The summed E-state index contributed by atoms with van der Waals surface area (Å²) in [5.41, 5.74) is 2.18. The van der Waals surface area contributed by atoms with Gasteiger partial charge in [-0.25, -0.2) is 4.79 Å². The smallest absolute Gasteiger partial charge is 0.320 e. The van der Waals surface area contributed by atoms with Crippen LogP contribution in [0.25, 0.3) is 0 Å². The molecule has 2 aliphatic heterocycles. The number of fused-ring (bicyclic) bond motifs is 1. The van der Waals surface area contributed by atoms with Gasteiger partial charge in [-0.05, 0) is 31.7 Å². The van der Waals surface area contributed by atoms with Crippen LogP contribution < -0.4 is 5.32 Å². The quantitative estimate of drug-likeness (QED) is 0.839. The zero-order valence-electron chi connectivity index (χ0n) is 11.1. The number of hydrogen-bond donors (Lipinski definition) is 1. The SMILES string of the molecule is Cc1ccc(C2C(=O)NC(=O)N3CCCCC23)cc1. The van der Waals surface area contributed by atoms with E-state index in [1.807, 2.05) is 36.1 Å². The number of amides is 3. The van der Waals surface area contributed by atoms with Crippen molar-refractivity contribution in [2.45, 2.75) is 38.1 Å². The molecule has 0 aromatic heterocycles. The fraction of sp³-hybridized carbons (Fsp3) is 0.467. The van der Waals surface area contributed by atoms with Crippen molar-refractivity contribution in [3.63, 3.8) is 0 Å². The van der Waals surface area contributed by atoms with Crippen LogP contribution in [-0.2, 0) is 4.79 Å². The average molecular weight is 258 g/mol. The Bertz CT molecular complexity index is 509. The molecule has 2 saturated heterocycles. The van der Waals surface area contributed by atoms with Crippen LogP contribution in [0.5, 0.6) is 0 Å². The zero-order valence-corrected chi connectivity index (χ0v) is 11.1. The molecule has 100 valence electrons. The van der Waals surface area contributed by atoms with Crippen molar-refractivity contribution in [1.82, 2.24) is 10.2 Å². The molecule has 0 saturated carbocycles. The molecule has 2 aliphatic rings. The van der Waals surface area contributed by atoms with Gasteiger partial charge in [0.1, 0.15) is 0 Å². The molecule has 2 fully saturated rings. The third-order valence-corrected chi connectivity index (χ3v) is 4.14. The van der Waals surface area contributed by atoms with Gasteiger partial charge in [-0.1, -0.05) is 29.8 Å². The number of urea groups is 1. The largest absolute Gasteiger partial charge is 0.324 e. The third-order valence-electron chi connectivity index (χ3n) is 4.14. The number of imide groups is 1. The molecule has 1 aromatic carbocycles. The van der Waals surface area contributed by atoms with E-state index in [1.165, 1.54) is 5.56 Å². The minimum atomic E-state index is -0.224. The molecule has 0 radical (unpaired) electrons. The van der Waals surface area contributed by atoms with Crippen LogP contribution in [-0.4, -0.2) is 29.4 Å². The standard InChI is InChI=1S/C15H18N2O2/c1-10-5-7-11(8-6-10)13-12-4-2-3-9-17(12)15(19)16-14(13)18/h5-8,12-13H,2-4,9H2,1H3,(H,16,18,19). The lowest BCUT2D eigenvalue weighted by atomic mass is 9.83. The van der Waals surface area contributed by atoms with Gasteiger partial charge in [-0.15, -0.1) is 0 Å². The molecule has 3 rings (SSSR count). The van der Waals surface area contributed by atoms with E-state index in [0.29, 0.717) is 0 Å². The summed E-state index contributed by atoms with van der Waals surface area (Å²) in [4.78, 5) is 25.9. The van der Waals surface area contributed by atoms with Crippen molar-refractivity contribution in [2.24, 2.45) is 0 Å². The van der Waals surface area contributed by atoms with Gasteiger partial charge < -0.3 is 4.90 Å². The van der Waals surface area contributed by atoms with Crippen LogP contribution in [0, 0.1) is 6.92 Å². The zero-order chi connectivity index (χ0) is 13.4. The Hall–Kier alpha value is -1.84. The fourth-order valence-corrected chi connectivity index (χ4v) is 3.13. The van der Waals surface area contributed by atoms with Crippen LogP contribution in [0.3, 0.4) is 0 Å². The second-order valence-electron chi connectivity index (χ2n) is 5.44. The first-order valence-electron chi connectivity index (χ1n) is 6.85. The Morgan fingerprint density at radius 1 is 1.16 bits per heavy atom. The normalized spacial score (nSPS) is 26.9. The van der Waals surface area contributed by atoms with Gasteiger partial charge in [0.15, 0.2) is 0 Å². The first-order chi connectivity index (χ1) is 9.16. The highest BCUT2D eigenvalue weighted by molar-refractivity contribution is 6.01. The van der Waals surface area contributed by atoms with Crippen molar-refractivity contribution in [3.8, 4) is 0 Å². The molecule has 2 unspecified atom stereocenters. The number of rotatable bonds is 1. The van der Waals surface area contributed by atoms with E-state index in [9.17, 15) is 9.59 Å². The van der Waals surface area contributed by atoms with Crippen LogP contribution in [0.2, 0.25) is 0 Å². The Balaban J connectivity index is 1.95. The second kappa shape index (κ2) is 4.68. The maximum atomic E-state index is 12.2. The lowest BCUT2D eigenvalue weighted by molar-refractivity contribution is -0.125. The van der Waals surface area contributed by atoms with Gasteiger partial charge in [-0.2, -0.15) is 0 Å². The Morgan fingerprint density at radius 3 is 2.63 bits per heavy atom. The number of nitrogens with zero attached hydrogens (tertiary/aromatic N) is 1. The summed E-state index contributed by atoms with van der Waals surface area (Å²) in [7, 11) is 0. The van der Waals surface area contributed by atoms with Crippen molar-refractivity contribution in [1.29, 1.82) is 0 Å². The molecular weight excluding hydrogens is 240 g/mol. The Morgan fingerprint density at radius 2 is 1.89 bits per heavy atom. The van der Waals surface area contributed by atoms with Gasteiger partial charge in [0.2, 0.25) is 5.91 Å². The van der Waals surface area contributed by atoms with E-state index >= 15 is 0 Å².